The van der Waals surface area contributed by atoms with Crippen LogP contribution >= 0.6 is 0 Å². The van der Waals surface area contributed by atoms with E-state index < -0.39 is 0 Å². The van der Waals surface area contributed by atoms with E-state index in [9.17, 15) is 0 Å². The molecule has 0 amide bonds. The van der Waals surface area contributed by atoms with Crippen molar-refractivity contribution in [2.45, 2.75) is 58.9 Å². The zero-order valence-corrected chi connectivity index (χ0v) is 12.3. The Kier molecular flexibility index (Phi) is 4.11. The third kappa shape index (κ3) is 2.33. The maximum Gasteiger partial charge on any atom is 0.0460 e. The van der Waals surface area contributed by atoms with Gasteiger partial charge in [0, 0.05) is 5.54 Å². The molecule has 0 bridgehead atoms. The highest BCUT2D eigenvalue weighted by atomic mass is 15.0. The van der Waals surface area contributed by atoms with Crippen molar-refractivity contribution >= 4 is 0 Å². The average molecular weight is 245 g/mol. The van der Waals surface area contributed by atoms with Crippen LogP contribution in [-0.4, -0.2) is 6.54 Å². The SMILES string of the molecule is Cc1cccc(C2(C(C)C)CCCCCN2)c1C. The Balaban J connectivity index is 2.49. The van der Waals surface area contributed by atoms with E-state index in [1.807, 2.05) is 0 Å². The molecule has 1 atom stereocenters. The molecule has 18 heavy (non-hydrogen) atoms. The van der Waals surface area contributed by atoms with Gasteiger partial charge in [0.2, 0.25) is 0 Å². The summed E-state index contributed by atoms with van der Waals surface area (Å²) in [5, 5.41) is 3.88. The molecule has 1 heterocycles. The Morgan fingerprint density at radius 2 is 1.89 bits per heavy atom. The molecule has 0 aromatic heterocycles. The molecular weight excluding hydrogens is 218 g/mol. The van der Waals surface area contributed by atoms with Crippen LogP contribution in [0.1, 0.15) is 56.2 Å². The van der Waals surface area contributed by atoms with Gasteiger partial charge in [0.1, 0.15) is 0 Å². The van der Waals surface area contributed by atoms with E-state index in [-0.39, 0.29) is 5.54 Å². The van der Waals surface area contributed by atoms with Gasteiger partial charge in [-0.3, -0.25) is 0 Å². The van der Waals surface area contributed by atoms with Crippen LogP contribution in [-0.2, 0) is 5.54 Å². The first-order chi connectivity index (χ1) is 8.58. The smallest absolute Gasteiger partial charge is 0.0460 e. The van der Waals surface area contributed by atoms with Crippen molar-refractivity contribution in [2.24, 2.45) is 5.92 Å². The maximum absolute atomic E-state index is 3.88. The van der Waals surface area contributed by atoms with Crippen molar-refractivity contribution in [3.05, 3.63) is 34.9 Å². The largest absolute Gasteiger partial charge is 0.307 e. The summed E-state index contributed by atoms with van der Waals surface area (Å²) in [6.07, 6.45) is 5.30. The van der Waals surface area contributed by atoms with Crippen molar-refractivity contribution < 1.29 is 0 Å². The summed E-state index contributed by atoms with van der Waals surface area (Å²) >= 11 is 0. The van der Waals surface area contributed by atoms with Gasteiger partial charge in [-0.2, -0.15) is 0 Å². The fraction of sp³-hybridized carbons (Fsp3) is 0.647. The number of rotatable bonds is 2. The molecule has 0 aliphatic carbocycles. The van der Waals surface area contributed by atoms with Crippen LogP contribution < -0.4 is 5.32 Å². The van der Waals surface area contributed by atoms with Crippen molar-refractivity contribution in [3.63, 3.8) is 0 Å². The number of hydrogen-bond acceptors (Lipinski definition) is 1. The molecule has 1 aromatic rings. The maximum atomic E-state index is 3.88. The molecule has 0 spiro atoms. The summed E-state index contributed by atoms with van der Waals surface area (Å²) < 4.78 is 0. The number of hydrogen-bond donors (Lipinski definition) is 1. The second-order valence-corrected chi connectivity index (χ2v) is 6.11. The molecule has 1 saturated heterocycles. The van der Waals surface area contributed by atoms with Crippen LogP contribution in [0.25, 0.3) is 0 Å². The number of nitrogens with one attached hydrogen (secondary N) is 1. The van der Waals surface area contributed by atoms with E-state index in [2.05, 4.69) is 51.2 Å². The Hall–Kier alpha value is -0.820. The summed E-state index contributed by atoms with van der Waals surface area (Å²) in [4.78, 5) is 0. The molecule has 1 fully saturated rings. The second kappa shape index (κ2) is 5.44. The summed E-state index contributed by atoms with van der Waals surface area (Å²) in [5.74, 6) is 0.635. The lowest BCUT2D eigenvalue weighted by molar-refractivity contribution is 0.229. The van der Waals surface area contributed by atoms with Crippen LogP contribution in [0.5, 0.6) is 0 Å². The predicted octanol–water partition coefficient (Wildman–Crippen LogP) is 4.32. The van der Waals surface area contributed by atoms with Gasteiger partial charge >= 0.3 is 0 Å². The quantitative estimate of drug-likeness (QED) is 0.818. The molecule has 2 rings (SSSR count). The lowest BCUT2D eigenvalue weighted by Gasteiger charge is -2.40. The number of aryl methyl sites for hydroxylation is 1. The molecule has 1 aliphatic rings. The average Bonchev–Trinajstić information content (AvgIpc) is 2.59. The van der Waals surface area contributed by atoms with E-state index in [4.69, 9.17) is 0 Å². The lowest BCUT2D eigenvalue weighted by Crippen LogP contribution is -2.46. The highest BCUT2D eigenvalue weighted by Gasteiger charge is 2.36. The molecule has 1 heteroatoms. The van der Waals surface area contributed by atoms with Gasteiger partial charge in [-0.25, -0.2) is 0 Å². The zero-order chi connectivity index (χ0) is 13.2. The van der Waals surface area contributed by atoms with Gasteiger partial charge in [0.05, 0.1) is 0 Å². The van der Waals surface area contributed by atoms with E-state index in [1.165, 1.54) is 42.4 Å². The van der Waals surface area contributed by atoms with E-state index in [0.717, 1.165) is 6.54 Å². The third-order valence-corrected chi connectivity index (χ3v) is 4.76. The van der Waals surface area contributed by atoms with Crippen LogP contribution in [0.4, 0.5) is 0 Å². The van der Waals surface area contributed by atoms with Crippen LogP contribution in [0.2, 0.25) is 0 Å². The topological polar surface area (TPSA) is 12.0 Å². The first-order valence-corrected chi connectivity index (χ1v) is 7.39. The van der Waals surface area contributed by atoms with Gasteiger partial charge in [-0.15, -0.1) is 0 Å². The summed E-state index contributed by atoms with van der Waals surface area (Å²) in [5.41, 5.74) is 4.60. The van der Waals surface area contributed by atoms with Crippen LogP contribution in [0.3, 0.4) is 0 Å². The Morgan fingerprint density at radius 3 is 2.61 bits per heavy atom. The molecular formula is C17H27N. The fourth-order valence-corrected chi connectivity index (χ4v) is 3.37. The minimum atomic E-state index is 0.187. The third-order valence-electron chi connectivity index (χ3n) is 4.76. The first-order valence-electron chi connectivity index (χ1n) is 7.39. The second-order valence-electron chi connectivity index (χ2n) is 6.11. The van der Waals surface area contributed by atoms with E-state index >= 15 is 0 Å². The molecule has 1 nitrogen and oxygen atoms in total. The minimum Gasteiger partial charge on any atom is -0.307 e. The fourth-order valence-electron chi connectivity index (χ4n) is 3.37. The van der Waals surface area contributed by atoms with Crippen LogP contribution in [0.15, 0.2) is 18.2 Å². The molecule has 1 unspecified atom stereocenters. The van der Waals surface area contributed by atoms with E-state index in [0.29, 0.717) is 5.92 Å². The standard InChI is InChI=1S/C17H27N/c1-13(2)17(11-6-5-7-12-18-17)16-10-8-9-14(3)15(16)4/h8-10,13,18H,5-7,11-12H2,1-4H3. The van der Waals surface area contributed by atoms with Crippen molar-refractivity contribution in [2.75, 3.05) is 6.54 Å². The Labute approximate surface area is 112 Å². The zero-order valence-electron chi connectivity index (χ0n) is 12.3. The molecule has 1 N–H and O–H groups in total. The lowest BCUT2D eigenvalue weighted by atomic mass is 9.74. The molecule has 0 radical (unpaired) electrons. The number of benzene rings is 1. The normalized spacial score (nSPS) is 25.2. The van der Waals surface area contributed by atoms with Crippen LogP contribution in [0, 0.1) is 19.8 Å². The molecule has 1 aliphatic heterocycles. The summed E-state index contributed by atoms with van der Waals surface area (Å²) in [6.45, 7) is 10.4. The highest BCUT2D eigenvalue weighted by Crippen LogP contribution is 2.38. The molecule has 1 aromatic carbocycles. The van der Waals surface area contributed by atoms with Gasteiger partial charge in [0.15, 0.2) is 0 Å². The van der Waals surface area contributed by atoms with Crippen molar-refractivity contribution in [1.29, 1.82) is 0 Å². The summed E-state index contributed by atoms with van der Waals surface area (Å²) in [6, 6.07) is 6.78. The first kappa shape index (κ1) is 13.6. The molecule has 100 valence electrons. The van der Waals surface area contributed by atoms with Crippen molar-refractivity contribution in [3.8, 4) is 0 Å². The molecule has 0 saturated carbocycles. The van der Waals surface area contributed by atoms with E-state index in [1.54, 1.807) is 0 Å². The highest BCUT2D eigenvalue weighted by molar-refractivity contribution is 5.39. The van der Waals surface area contributed by atoms with Crippen molar-refractivity contribution in [1.82, 2.24) is 5.32 Å². The van der Waals surface area contributed by atoms with Gasteiger partial charge in [-0.1, -0.05) is 44.9 Å². The Bertz CT molecular complexity index is 398. The Morgan fingerprint density at radius 1 is 1.11 bits per heavy atom. The van der Waals surface area contributed by atoms with Gasteiger partial charge < -0.3 is 5.32 Å². The minimum absolute atomic E-state index is 0.187. The monoisotopic (exact) mass is 245 g/mol. The van der Waals surface area contributed by atoms with Gasteiger partial charge in [0.25, 0.3) is 0 Å². The summed E-state index contributed by atoms with van der Waals surface area (Å²) in [7, 11) is 0. The van der Waals surface area contributed by atoms with Gasteiger partial charge in [-0.05, 0) is 55.8 Å². The predicted molar refractivity (Wildman–Crippen MR) is 78.9 cm³/mol.